The monoisotopic (exact) mass is 385 g/mol. The van der Waals surface area contributed by atoms with Gasteiger partial charge in [-0.25, -0.2) is 0 Å². The van der Waals surface area contributed by atoms with Crippen molar-refractivity contribution in [1.29, 1.82) is 0 Å². The Hall–Kier alpha value is -1.82. The zero-order chi connectivity index (χ0) is 19.1. The van der Waals surface area contributed by atoms with Crippen LogP contribution in [0.3, 0.4) is 0 Å². The van der Waals surface area contributed by atoms with Crippen molar-refractivity contribution in [3.05, 3.63) is 59.7 Å². The summed E-state index contributed by atoms with van der Waals surface area (Å²) in [5, 5.41) is 8.82. The number of rotatable bonds is 8. The van der Waals surface area contributed by atoms with Crippen molar-refractivity contribution >= 4 is 17.5 Å². The second kappa shape index (κ2) is 9.93. The fourth-order valence-electron chi connectivity index (χ4n) is 3.52. The molecule has 1 atom stereocenters. The summed E-state index contributed by atoms with van der Waals surface area (Å²) in [6, 6.07) is 15.9. The topological polar surface area (TPSA) is 49.8 Å². The molecule has 0 aliphatic carbocycles. The van der Waals surface area contributed by atoms with E-state index in [1.165, 1.54) is 10.5 Å². The van der Waals surface area contributed by atoms with Crippen molar-refractivity contribution < 1.29 is 14.6 Å². The van der Waals surface area contributed by atoms with Crippen LogP contribution < -0.4 is 4.74 Å². The average molecular weight is 386 g/mol. The number of benzene rings is 2. The van der Waals surface area contributed by atoms with Crippen LogP contribution in [0.15, 0.2) is 53.4 Å². The molecule has 4 nitrogen and oxygen atoms in total. The Kier molecular flexibility index (Phi) is 7.33. The molecule has 1 fully saturated rings. The molecule has 1 heterocycles. The van der Waals surface area contributed by atoms with Gasteiger partial charge < -0.3 is 9.84 Å². The predicted octanol–water partition coefficient (Wildman–Crippen LogP) is 3.87. The number of hydrogen-bond donors (Lipinski definition) is 1. The molecule has 0 bridgehead atoms. The highest BCUT2D eigenvalue weighted by Crippen LogP contribution is 2.24. The van der Waals surface area contributed by atoms with Crippen LogP contribution >= 0.6 is 11.8 Å². The number of carbonyl (C=O) groups is 1. The second-order valence-corrected chi connectivity index (χ2v) is 7.76. The molecule has 2 aromatic carbocycles. The van der Waals surface area contributed by atoms with Crippen molar-refractivity contribution in [3.63, 3.8) is 0 Å². The third kappa shape index (κ3) is 5.58. The smallest absolute Gasteiger partial charge is 0.167 e. The molecule has 27 heavy (non-hydrogen) atoms. The van der Waals surface area contributed by atoms with Gasteiger partial charge in [-0.3, -0.25) is 9.69 Å². The van der Waals surface area contributed by atoms with Crippen LogP contribution in [0.1, 0.15) is 28.8 Å². The molecular formula is C22H27NO3S. The number of hydrogen-bond acceptors (Lipinski definition) is 5. The first-order chi connectivity index (χ1) is 13.2. The minimum Gasteiger partial charge on any atom is -0.491 e. The van der Waals surface area contributed by atoms with Crippen LogP contribution in [-0.4, -0.2) is 48.3 Å². The normalized spacial score (nSPS) is 17.6. The van der Waals surface area contributed by atoms with Crippen molar-refractivity contribution in [2.24, 2.45) is 5.92 Å². The lowest BCUT2D eigenvalue weighted by atomic mass is 9.90. The second-order valence-electron chi connectivity index (χ2n) is 6.88. The number of ether oxygens (including phenoxy) is 1. The van der Waals surface area contributed by atoms with Gasteiger partial charge in [0.05, 0.1) is 6.61 Å². The van der Waals surface area contributed by atoms with Crippen LogP contribution in [-0.2, 0) is 6.54 Å². The van der Waals surface area contributed by atoms with E-state index >= 15 is 0 Å². The lowest BCUT2D eigenvalue weighted by Gasteiger charge is -2.32. The molecular weight excluding hydrogens is 358 g/mol. The van der Waals surface area contributed by atoms with Crippen molar-refractivity contribution in [3.8, 4) is 5.75 Å². The van der Waals surface area contributed by atoms with E-state index in [1.54, 1.807) is 11.8 Å². The number of Topliss-reactive ketones (excluding diaryl/α,β-unsaturated/α-hetero) is 1. The third-order valence-corrected chi connectivity index (χ3v) is 5.68. The molecule has 1 aliphatic heterocycles. The summed E-state index contributed by atoms with van der Waals surface area (Å²) in [7, 11) is 0. The number of ketones is 1. The molecule has 0 radical (unpaired) electrons. The summed E-state index contributed by atoms with van der Waals surface area (Å²) < 4.78 is 5.40. The molecule has 3 rings (SSSR count). The highest BCUT2D eigenvalue weighted by atomic mass is 32.2. The molecule has 0 unspecified atom stereocenters. The first-order valence-electron chi connectivity index (χ1n) is 9.43. The standard InChI is InChI=1S/C22H27NO3S/c1-27-21-10-6-18(7-11-21)22(25)19-3-2-12-23(16-19)15-17-4-8-20(9-5-17)26-14-13-24/h4-11,19,24H,2-3,12-16H2,1H3/t19-/m0/s1. The van der Waals surface area contributed by atoms with Gasteiger partial charge in [0.1, 0.15) is 12.4 Å². The molecule has 0 saturated carbocycles. The van der Waals surface area contributed by atoms with E-state index in [0.717, 1.165) is 43.8 Å². The largest absolute Gasteiger partial charge is 0.491 e. The van der Waals surface area contributed by atoms with Gasteiger partial charge >= 0.3 is 0 Å². The van der Waals surface area contributed by atoms with E-state index in [2.05, 4.69) is 17.0 Å². The number of aliphatic hydroxyl groups excluding tert-OH is 1. The zero-order valence-electron chi connectivity index (χ0n) is 15.8. The molecule has 5 heteroatoms. The summed E-state index contributed by atoms with van der Waals surface area (Å²) in [4.78, 5) is 16.4. The van der Waals surface area contributed by atoms with E-state index in [1.807, 2.05) is 42.7 Å². The Morgan fingerprint density at radius 3 is 2.59 bits per heavy atom. The van der Waals surface area contributed by atoms with Crippen molar-refractivity contribution in [2.75, 3.05) is 32.6 Å². The predicted molar refractivity (Wildman–Crippen MR) is 110 cm³/mol. The van der Waals surface area contributed by atoms with E-state index in [-0.39, 0.29) is 18.3 Å². The summed E-state index contributed by atoms with van der Waals surface area (Å²) >= 11 is 1.69. The summed E-state index contributed by atoms with van der Waals surface area (Å²) in [5.41, 5.74) is 2.04. The van der Waals surface area contributed by atoms with Gasteiger partial charge in [-0.15, -0.1) is 11.8 Å². The number of likely N-dealkylation sites (tertiary alicyclic amines) is 1. The molecule has 1 saturated heterocycles. The van der Waals surface area contributed by atoms with E-state index in [4.69, 9.17) is 9.84 Å². The maximum atomic E-state index is 12.9. The highest BCUT2D eigenvalue weighted by Gasteiger charge is 2.26. The zero-order valence-corrected chi connectivity index (χ0v) is 16.6. The maximum Gasteiger partial charge on any atom is 0.167 e. The lowest BCUT2D eigenvalue weighted by molar-refractivity contribution is 0.0811. The summed E-state index contributed by atoms with van der Waals surface area (Å²) in [6.45, 7) is 3.01. The van der Waals surface area contributed by atoms with Crippen molar-refractivity contribution in [1.82, 2.24) is 4.90 Å². The Morgan fingerprint density at radius 1 is 1.19 bits per heavy atom. The number of aliphatic hydroxyl groups is 1. The summed E-state index contributed by atoms with van der Waals surface area (Å²) in [6.07, 6.45) is 4.06. The lowest BCUT2D eigenvalue weighted by Crippen LogP contribution is -2.38. The van der Waals surface area contributed by atoms with Crippen LogP contribution in [0.25, 0.3) is 0 Å². The van der Waals surface area contributed by atoms with Gasteiger partial charge in [0.15, 0.2) is 5.78 Å². The van der Waals surface area contributed by atoms with E-state index in [9.17, 15) is 4.79 Å². The number of thioether (sulfide) groups is 1. The number of piperidine rings is 1. The van der Waals surface area contributed by atoms with Crippen LogP contribution in [0.5, 0.6) is 5.75 Å². The Labute approximate surface area is 165 Å². The Morgan fingerprint density at radius 2 is 1.93 bits per heavy atom. The average Bonchev–Trinajstić information content (AvgIpc) is 2.73. The van der Waals surface area contributed by atoms with Gasteiger partial charge in [0.25, 0.3) is 0 Å². The molecule has 2 aromatic rings. The molecule has 0 amide bonds. The Balaban J connectivity index is 1.57. The van der Waals surface area contributed by atoms with Gasteiger partial charge in [0.2, 0.25) is 0 Å². The van der Waals surface area contributed by atoms with Gasteiger partial charge in [-0.2, -0.15) is 0 Å². The molecule has 0 aromatic heterocycles. The minimum atomic E-state index is 0.0188. The van der Waals surface area contributed by atoms with E-state index < -0.39 is 0 Å². The molecule has 1 aliphatic rings. The molecule has 0 spiro atoms. The fourth-order valence-corrected chi connectivity index (χ4v) is 3.93. The first kappa shape index (κ1) is 19.9. The van der Waals surface area contributed by atoms with Crippen LogP contribution in [0, 0.1) is 5.92 Å². The SMILES string of the molecule is CSc1ccc(C(=O)[C@H]2CCCN(Cc3ccc(OCCO)cc3)C2)cc1. The van der Waals surface area contributed by atoms with Crippen LogP contribution in [0.4, 0.5) is 0 Å². The minimum absolute atomic E-state index is 0.0188. The maximum absolute atomic E-state index is 12.9. The van der Waals surface area contributed by atoms with Gasteiger partial charge in [-0.1, -0.05) is 24.3 Å². The highest BCUT2D eigenvalue weighted by molar-refractivity contribution is 7.98. The quantitative estimate of drug-likeness (QED) is 0.552. The van der Waals surface area contributed by atoms with Gasteiger partial charge in [0, 0.05) is 29.5 Å². The molecule has 144 valence electrons. The van der Waals surface area contributed by atoms with E-state index in [0.29, 0.717) is 6.61 Å². The molecule has 1 N–H and O–H groups in total. The Bertz CT molecular complexity index is 730. The number of carbonyl (C=O) groups excluding carboxylic acids is 1. The van der Waals surface area contributed by atoms with Crippen LogP contribution in [0.2, 0.25) is 0 Å². The van der Waals surface area contributed by atoms with Crippen molar-refractivity contribution in [2.45, 2.75) is 24.3 Å². The fraction of sp³-hybridized carbons (Fsp3) is 0.409. The van der Waals surface area contributed by atoms with Gasteiger partial charge in [-0.05, 0) is 55.5 Å². The summed E-state index contributed by atoms with van der Waals surface area (Å²) in [5.74, 6) is 1.11. The third-order valence-electron chi connectivity index (χ3n) is 4.94. The number of nitrogens with zero attached hydrogens (tertiary/aromatic N) is 1. The first-order valence-corrected chi connectivity index (χ1v) is 10.7.